The van der Waals surface area contributed by atoms with Crippen molar-refractivity contribution in [3.63, 3.8) is 0 Å². The third-order valence-electron chi connectivity index (χ3n) is 3.36. The molecule has 2 rings (SSSR count). The number of thioether (sulfide) groups is 1. The van der Waals surface area contributed by atoms with E-state index in [2.05, 4.69) is 20.8 Å². The van der Waals surface area contributed by atoms with E-state index in [-0.39, 0.29) is 12.5 Å². The van der Waals surface area contributed by atoms with Crippen molar-refractivity contribution >= 4 is 33.7 Å². The molecule has 20 heavy (non-hydrogen) atoms. The molecule has 1 aromatic rings. The van der Waals surface area contributed by atoms with Gasteiger partial charge in [0.15, 0.2) is 0 Å². The van der Waals surface area contributed by atoms with Gasteiger partial charge in [0.1, 0.15) is 5.75 Å². The number of methoxy groups -OCH3 is 1. The topological polar surface area (TPSA) is 49.8 Å². The lowest BCUT2D eigenvalue weighted by Crippen LogP contribution is -2.42. The molecule has 0 radical (unpaired) electrons. The number of hydrogen-bond acceptors (Lipinski definition) is 4. The van der Waals surface area contributed by atoms with Crippen molar-refractivity contribution < 1.29 is 14.6 Å². The van der Waals surface area contributed by atoms with Gasteiger partial charge in [-0.05, 0) is 33.6 Å². The fourth-order valence-corrected chi connectivity index (χ4v) is 4.05. The lowest BCUT2D eigenvalue weighted by molar-refractivity contribution is -0.138. The third-order valence-corrected chi connectivity index (χ3v) is 5.07. The Bertz CT molecular complexity index is 483. The summed E-state index contributed by atoms with van der Waals surface area (Å²) in [6.07, 6.45) is 0.213. The van der Waals surface area contributed by atoms with Gasteiger partial charge in [-0.15, -0.1) is 0 Å². The highest BCUT2D eigenvalue weighted by Crippen LogP contribution is 2.27. The van der Waals surface area contributed by atoms with Gasteiger partial charge >= 0.3 is 5.97 Å². The number of nitrogens with zero attached hydrogens (tertiary/aromatic N) is 1. The number of ether oxygens (including phenoxy) is 1. The normalized spacial score (nSPS) is 19.8. The lowest BCUT2D eigenvalue weighted by atomic mass is 10.1. The molecule has 0 bridgehead atoms. The van der Waals surface area contributed by atoms with Crippen LogP contribution in [0.5, 0.6) is 5.75 Å². The average Bonchev–Trinajstić information content (AvgIpc) is 2.41. The first-order chi connectivity index (χ1) is 9.60. The van der Waals surface area contributed by atoms with Crippen molar-refractivity contribution in [3.05, 3.63) is 28.2 Å². The molecule has 6 heteroatoms. The number of aliphatic carboxylic acids is 1. The Labute approximate surface area is 131 Å². The zero-order chi connectivity index (χ0) is 14.5. The Morgan fingerprint density at radius 1 is 1.60 bits per heavy atom. The van der Waals surface area contributed by atoms with E-state index >= 15 is 0 Å². The quantitative estimate of drug-likeness (QED) is 0.875. The zero-order valence-corrected chi connectivity index (χ0v) is 13.7. The van der Waals surface area contributed by atoms with Gasteiger partial charge in [-0.1, -0.05) is 6.07 Å². The third kappa shape index (κ3) is 4.14. The number of carboxylic acids is 1. The van der Waals surface area contributed by atoms with Gasteiger partial charge in [-0.25, -0.2) is 0 Å². The Morgan fingerprint density at radius 2 is 2.40 bits per heavy atom. The van der Waals surface area contributed by atoms with E-state index in [1.54, 1.807) is 7.11 Å². The second kappa shape index (κ2) is 7.33. The monoisotopic (exact) mass is 359 g/mol. The van der Waals surface area contributed by atoms with Crippen LogP contribution < -0.4 is 4.74 Å². The number of carboxylic acid groups (broad SMARTS) is 1. The molecule has 1 N–H and O–H groups in total. The molecule has 4 nitrogen and oxygen atoms in total. The van der Waals surface area contributed by atoms with Crippen LogP contribution in [0.15, 0.2) is 22.7 Å². The van der Waals surface area contributed by atoms with Gasteiger partial charge in [-0.2, -0.15) is 11.8 Å². The van der Waals surface area contributed by atoms with Crippen LogP contribution in [0.25, 0.3) is 0 Å². The van der Waals surface area contributed by atoms with Gasteiger partial charge in [0.25, 0.3) is 0 Å². The lowest BCUT2D eigenvalue weighted by Gasteiger charge is -2.34. The molecule has 0 amide bonds. The molecule has 1 saturated heterocycles. The van der Waals surface area contributed by atoms with Crippen LogP contribution in [0.1, 0.15) is 12.0 Å². The maximum atomic E-state index is 10.9. The molecule has 1 aliphatic heterocycles. The van der Waals surface area contributed by atoms with Gasteiger partial charge in [0.05, 0.1) is 18.0 Å². The van der Waals surface area contributed by atoms with Gasteiger partial charge in [0.2, 0.25) is 0 Å². The van der Waals surface area contributed by atoms with E-state index in [4.69, 9.17) is 9.84 Å². The van der Waals surface area contributed by atoms with Crippen molar-refractivity contribution in [3.8, 4) is 5.75 Å². The molecule has 1 aromatic carbocycles. The summed E-state index contributed by atoms with van der Waals surface area (Å²) >= 11 is 5.32. The van der Waals surface area contributed by atoms with Crippen molar-refractivity contribution in [1.29, 1.82) is 0 Å². The molecule has 0 saturated carbocycles. The standard InChI is InChI=1S/C14H18BrNO3S/c1-19-13-3-2-10(6-12(13)15)8-16-4-5-20-9-11(16)7-14(17)18/h2-3,6,11H,4-5,7-9H2,1H3,(H,17,18). The van der Waals surface area contributed by atoms with Crippen LogP contribution >= 0.6 is 27.7 Å². The van der Waals surface area contributed by atoms with Crippen LogP contribution in [-0.4, -0.2) is 47.2 Å². The van der Waals surface area contributed by atoms with Crippen LogP contribution in [0.2, 0.25) is 0 Å². The van der Waals surface area contributed by atoms with Crippen LogP contribution in [0.3, 0.4) is 0 Å². The van der Waals surface area contributed by atoms with E-state index in [9.17, 15) is 4.79 Å². The van der Waals surface area contributed by atoms with Crippen molar-refractivity contribution in [2.24, 2.45) is 0 Å². The summed E-state index contributed by atoms with van der Waals surface area (Å²) in [6, 6.07) is 6.12. The SMILES string of the molecule is COc1ccc(CN2CCSCC2CC(=O)O)cc1Br. The largest absolute Gasteiger partial charge is 0.496 e. The van der Waals surface area contributed by atoms with Crippen molar-refractivity contribution in [2.45, 2.75) is 19.0 Å². The molecule has 1 heterocycles. The minimum atomic E-state index is -0.724. The molecule has 0 aliphatic carbocycles. The smallest absolute Gasteiger partial charge is 0.304 e. The fraction of sp³-hybridized carbons (Fsp3) is 0.500. The summed E-state index contributed by atoms with van der Waals surface area (Å²) in [6.45, 7) is 1.72. The Hall–Kier alpha value is -0.720. The average molecular weight is 360 g/mol. The number of carbonyl (C=O) groups is 1. The number of benzene rings is 1. The first-order valence-corrected chi connectivity index (χ1v) is 8.41. The first kappa shape index (κ1) is 15.7. The molecule has 1 unspecified atom stereocenters. The maximum absolute atomic E-state index is 10.9. The van der Waals surface area contributed by atoms with E-state index in [1.807, 2.05) is 30.0 Å². The summed E-state index contributed by atoms with van der Waals surface area (Å²) in [4.78, 5) is 13.2. The number of halogens is 1. The van der Waals surface area contributed by atoms with Crippen LogP contribution in [-0.2, 0) is 11.3 Å². The number of hydrogen-bond donors (Lipinski definition) is 1. The van der Waals surface area contributed by atoms with Gasteiger partial charge in [-0.3, -0.25) is 9.69 Å². The van der Waals surface area contributed by atoms with E-state index in [0.717, 1.165) is 34.8 Å². The molecule has 1 aliphatic rings. The minimum absolute atomic E-state index is 0.118. The summed E-state index contributed by atoms with van der Waals surface area (Å²) in [5.41, 5.74) is 1.17. The first-order valence-electron chi connectivity index (χ1n) is 6.46. The van der Waals surface area contributed by atoms with Crippen LogP contribution in [0, 0.1) is 0 Å². The molecular weight excluding hydrogens is 342 g/mol. The van der Waals surface area contributed by atoms with E-state index < -0.39 is 5.97 Å². The number of rotatable bonds is 5. The highest BCUT2D eigenvalue weighted by molar-refractivity contribution is 9.10. The highest BCUT2D eigenvalue weighted by Gasteiger charge is 2.25. The second-order valence-electron chi connectivity index (χ2n) is 4.77. The molecule has 1 fully saturated rings. The summed E-state index contributed by atoms with van der Waals surface area (Å²) in [5, 5.41) is 9.00. The van der Waals surface area contributed by atoms with Gasteiger partial charge < -0.3 is 9.84 Å². The Morgan fingerprint density at radius 3 is 3.05 bits per heavy atom. The van der Waals surface area contributed by atoms with E-state index in [1.165, 1.54) is 5.56 Å². The molecule has 0 aromatic heterocycles. The fourth-order valence-electron chi connectivity index (χ4n) is 2.33. The highest BCUT2D eigenvalue weighted by atomic mass is 79.9. The summed E-state index contributed by atoms with van der Waals surface area (Å²) < 4.78 is 6.15. The van der Waals surface area contributed by atoms with Gasteiger partial charge in [0, 0.05) is 30.6 Å². The minimum Gasteiger partial charge on any atom is -0.496 e. The Kier molecular flexibility index (Phi) is 5.74. The maximum Gasteiger partial charge on any atom is 0.304 e. The van der Waals surface area contributed by atoms with Crippen molar-refractivity contribution in [1.82, 2.24) is 4.90 Å². The predicted molar refractivity (Wildman–Crippen MR) is 84.5 cm³/mol. The van der Waals surface area contributed by atoms with Crippen molar-refractivity contribution in [2.75, 3.05) is 25.2 Å². The molecule has 0 spiro atoms. The Balaban J connectivity index is 2.06. The predicted octanol–water partition coefficient (Wildman–Crippen LogP) is 2.85. The summed E-state index contributed by atoms with van der Waals surface area (Å²) in [7, 11) is 1.64. The second-order valence-corrected chi connectivity index (χ2v) is 6.77. The molecular formula is C14H18BrNO3S. The van der Waals surface area contributed by atoms with E-state index in [0.29, 0.717) is 0 Å². The summed E-state index contributed by atoms with van der Waals surface area (Å²) in [5.74, 6) is 2.04. The molecule has 1 atom stereocenters. The zero-order valence-electron chi connectivity index (χ0n) is 11.3. The van der Waals surface area contributed by atoms with Crippen LogP contribution in [0.4, 0.5) is 0 Å². The molecule has 110 valence electrons.